The molecule has 0 aliphatic rings. The summed E-state index contributed by atoms with van der Waals surface area (Å²) in [5.41, 5.74) is 1.79. The van der Waals surface area contributed by atoms with E-state index in [1.54, 1.807) is 33.2 Å². The van der Waals surface area contributed by atoms with Crippen molar-refractivity contribution in [3.05, 3.63) is 39.6 Å². The van der Waals surface area contributed by atoms with E-state index in [4.69, 9.17) is 16.3 Å². The predicted molar refractivity (Wildman–Crippen MR) is 107 cm³/mol. The number of aryl methyl sites for hydroxylation is 1. The van der Waals surface area contributed by atoms with Crippen molar-refractivity contribution in [2.24, 2.45) is 0 Å². The van der Waals surface area contributed by atoms with Gasteiger partial charge in [-0.1, -0.05) is 29.9 Å². The van der Waals surface area contributed by atoms with Crippen molar-refractivity contribution < 1.29 is 14.6 Å². The van der Waals surface area contributed by atoms with Gasteiger partial charge in [-0.05, 0) is 38.8 Å². The van der Waals surface area contributed by atoms with E-state index < -0.39 is 17.8 Å². The smallest absolute Gasteiger partial charge is 0.413 e. The number of ether oxygens (including phenoxy) is 1. The molecule has 1 unspecified atom stereocenters. The summed E-state index contributed by atoms with van der Waals surface area (Å²) in [6, 6.07) is 1.99. The van der Waals surface area contributed by atoms with Crippen LogP contribution in [0.1, 0.15) is 49.8 Å². The first-order valence-corrected chi connectivity index (χ1v) is 9.67. The van der Waals surface area contributed by atoms with Crippen LogP contribution in [-0.4, -0.2) is 31.8 Å². The Labute approximate surface area is 165 Å². The first-order valence-electron chi connectivity index (χ1n) is 8.48. The van der Waals surface area contributed by atoms with Crippen molar-refractivity contribution in [2.45, 2.75) is 45.8 Å². The van der Waals surface area contributed by atoms with Gasteiger partial charge in [0.05, 0.1) is 4.88 Å². The summed E-state index contributed by atoms with van der Waals surface area (Å²) in [7, 11) is 0. The number of carbonyl (C=O) groups is 1. The fourth-order valence-electron chi connectivity index (χ4n) is 2.55. The largest absolute Gasteiger partial charge is 0.444 e. The molecule has 3 heterocycles. The summed E-state index contributed by atoms with van der Waals surface area (Å²) in [5, 5.41) is 14.6. The van der Waals surface area contributed by atoms with Gasteiger partial charge in [-0.3, -0.25) is 5.32 Å². The highest BCUT2D eigenvalue weighted by molar-refractivity contribution is 7.16. The number of H-pyrrole nitrogens is 1. The molecule has 144 valence electrons. The lowest BCUT2D eigenvalue weighted by Gasteiger charge is -2.18. The van der Waals surface area contributed by atoms with Crippen LogP contribution in [0.4, 0.5) is 9.93 Å². The maximum Gasteiger partial charge on any atom is 0.413 e. The molecule has 0 radical (unpaired) electrons. The number of carbonyl (C=O) groups excluding carboxylic acids is 1. The van der Waals surface area contributed by atoms with E-state index in [-0.39, 0.29) is 10.3 Å². The normalized spacial score (nSPS) is 13.0. The number of hydrogen-bond acceptors (Lipinski definition) is 6. The molecule has 1 amide bonds. The fraction of sp³-hybridized carbons (Fsp3) is 0.389. The quantitative estimate of drug-likeness (QED) is 0.582. The number of aromatic nitrogens is 3. The number of aromatic amines is 1. The van der Waals surface area contributed by atoms with Gasteiger partial charge in [-0.25, -0.2) is 14.8 Å². The Hall–Kier alpha value is -2.16. The number of aliphatic hydroxyl groups is 1. The number of aliphatic hydroxyl groups excluding tert-OH is 1. The molecule has 3 aromatic rings. The van der Waals surface area contributed by atoms with E-state index in [1.165, 1.54) is 0 Å². The zero-order chi connectivity index (χ0) is 19.8. The van der Waals surface area contributed by atoms with Crippen LogP contribution in [0, 0.1) is 0 Å². The molecule has 0 aromatic carbocycles. The van der Waals surface area contributed by atoms with Crippen LogP contribution < -0.4 is 5.32 Å². The molecule has 27 heavy (non-hydrogen) atoms. The number of halogens is 1. The van der Waals surface area contributed by atoms with Crippen LogP contribution in [0.25, 0.3) is 11.0 Å². The summed E-state index contributed by atoms with van der Waals surface area (Å²) >= 11 is 7.30. The Morgan fingerprint density at radius 1 is 1.48 bits per heavy atom. The SMILES string of the molecule is CCc1cnc2[nH]cc(C(O)c3sc(NC(=O)OC(C)(C)C)nc3Cl)c2c1. The summed E-state index contributed by atoms with van der Waals surface area (Å²) in [6.45, 7) is 7.35. The molecular formula is C18H21ClN4O3S. The number of hydrogen-bond donors (Lipinski definition) is 3. The van der Waals surface area contributed by atoms with Gasteiger partial charge in [-0.15, -0.1) is 0 Å². The average molecular weight is 409 g/mol. The van der Waals surface area contributed by atoms with Crippen molar-refractivity contribution in [3.8, 4) is 0 Å². The van der Waals surface area contributed by atoms with Gasteiger partial charge in [0.1, 0.15) is 22.5 Å². The van der Waals surface area contributed by atoms with E-state index in [2.05, 4.69) is 20.3 Å². The topological polar surface area (TPSA) is 100 Å². The molecule has 0 spiro atoms. The Bertz CT molecular complexity index is 977. The molecule has 0 fully saturated rings. The van der Waals surface area contributed by atoms with Gasteiger partial charge in [-0.2, -0.15) is 0 Å². The maximum atomic E-state index is 11.9. The average Bonchev–Trinajstić information content (AvgIpc) is 3.15. The number of amides is 1. The Kier molecular flexibility index (Phi) is 5.41. The van der Waals surface area contributed by atoms with Gasteiger partial charge >= 0.3 is 6.09 Å². The molecule has 1 atom stereocenters. The van der Waals surface area contributed by atoms with E-state index >= 15 is 0 Å². The number of fused-ring (bicyclic) bond motifs is 1. The van der Waals surface area contributed by atoms with E-state index in [0.29, 0.717) is 16.1 Å². The van der Waals surface area contributed by atoms with Gasteiger partial charge in [0.15, 0.2) is 5.13 Å². The Balaban J connectivity index is 1.87. The molecule has 0 bridgehead atoms. The number of pyridine rings is 1. The highest BCUT2D eigenvalue weighted by Gasteiger charge is 2.24. The second kappa shape index (κ2) is 7.46. The number of nitrogens with one attached hydrogen (secondary N) is 2. The number of anilines is 1. The third-order valence-corrected chi connectivity index (χ3v) is 5.21. The number of thiazole rings is 1. The molecule has 0 aliphatic carbocycles. The van der Waals surface area contributed by atoms with Gasteiger partial charge in [0.25, 0.3) is 0 Å². The minimum absolute atomic E-state index is 0.132. The van der Waals surface area contributed by atoms with Crippen molar-refractivity contribution in [3.63, 3.8) is 0 Å². The predicted octanol–water partition coefficient (Wildman–Crippen LogP) is 4.66. The molecule has 0 saturated carbocycles. The lowest BCUT2D eigenvalue weighted by molar-refractivity contribution is 0.0636. The van der Waals surface area contributed by atoms with Crippen molar-refractivity contribution in [1.82, 2.24) is 15.0 Å². The molecule has 9 heteroatoms. The summed E-state index contributed by atoms with van der Waals surface area (Å²) in [5.74, 6) is 0. The molecule has 3 rings (SSSR count). The van der Waals surface area contributed by atoms with Gasteiger partial charge in [0.2, 0.25) is 0 Å². The highest BCUT2D eigenvalue weighted by Crippen LogP contribution is 2.37. The second-order valence-corrected chi connectivity index (χ2v) is 8.43. The van der Waals surface area contributed by atoms with Crippen LogP contribution in [0.15, 0.2) is 18.5 Å². The van der Waals surface area contributed by atoms with Crippen molar-refractivity contribution in [1.29, 1.82) is 0 Å². The number of rotatable bonds is 4. The third kappa shape index (κ3) is 4.40. The van der Waals surface area contributed by atoms with Crippen LogP contribution in [0.2, 0.25) is 5.15 Å². The molecule has 0 aliphatic heterocycles. The monoisotopic (exact) mass is 408 g/mol. The summed E-state index contributed by atoms with van der Waals surface area (Å²) in [4.78, 5) is 23.9. The first-order chi connectivity index (χ1) is 12.7. The summed E-state index contributed by atoms with van der Waals surface area (Å²) < 4.78 is 5.20. The van der Waals surface area contributed by atoms with E-state index in [1.807, 2.05) is 13.0 Å². The standard InChI is InChI=1S/C18H21ClN4O3S/c1-5-9-6-10-11(8-21-15(10)20-7-9)12(24)13-14(19)22-16(27-13)23-17(25)26-18(2,3)4/h6-8,12,24H,5H2,1-4H3,(H,20,21)(H,22,23,25). The Morgan fingerprint density at radius 3 is 2.89 bits per heavy atom. The molecule has 7 nitrogen and oxygen atoms in total. The molecule has 0 saturated heterocycles. The minimum Gasteiger partial charge on any atom is -0.444 e. The lowest BCUT2D eigenvalue weighted by Crippen LogP contribution is -2.27. The van der Waals surface area contributed by atoms with Crippen LogP contribution >= 0.6 is 22.9 Å². The zero-order valence-electron chi connectivity index (χ0n) is 15.5. The van der Waals surface area contributed by atoms with Crippen molar-refractivity contribution >= 4 is 45.2 Å². The fourth-order valence-corrected chi connectivity index (χ4v) is 3.76. The minimum atomic E-state index is -0.994. The van der Waals surface area contributed by atoms with Crippen LogP contribution in [0.5, 0.6) is 0 Å². The van der Waals surface area contributed by atoms with E-state index in [0.717, 1.165) is 28.7 Å². The van der Waals surface area contributed by atoms with Crippen molar-refractivity contribution in [2.75, 3.05) is 5.32 Å². The van der Waals surface area contributed by atoms with Gasteiger partial charge in [0, 0.05) is 23.3 Å². The number of nitrogens with zero attached hydrogens (tertiary/aromatic N) is 2. The highest BCUT2D eigenvalue weighted by atomic mass is 35.5. The Morgan fingerprint density at radius 2 is 2.22 bits per heavy atom. The molecular weight excluding hydrogens is 388 g/mol. The van der Waals surface area contributed by atoms with Crippen LogP contribution in [0.3, 0.4) is 0 Å². The molecule has 3 aromatic heterocycles. The third-order valence-electron chi connectivity index (χ3n) is 3.79. The van der Waals surface area contributed by atoms with E-state index in [9.17, 15) is 9.90 Å². The van der Waals surface area contributed by atoms with Gasteiger partial charge < -0.3 is 14.8 Å². The van der Waals surface area contributed by atoms with Crippen LogP contribution in [-0.2, 0) is 11.2 Å². The summed E-state index contributed by atoms with van der Waals surface area (Å²) in [6.07, 6.45) is 2.73. The lowest BCUT2D eigenvalue weighted by atomic mass is 10.1. The molecule has 3 N–H and O–H groups in total. The zero-order valence-corrected chi connectivity index (χ0v) is 17.0. The first kappa shape index (κ1) is 19.6. The maximum absolute atomic E-state index is 11.9. The second-order valence-electron chi connectivity index (χ2n) is 7.04.